The number of rotatable bonds is 6. The lowest BCUT2D eigenvalue weighted by Gasteiger charge is -2.36. The van der Waals surface area contributed by atoms with E-state index in [1.54, 1.807) is 0 Å². The molecule has 0 aromatic heterocycles. The Hall–Kier alpha value is -0.860. The molecule has 0 radical (unpaired) electrons. The minimum absolute atomic E-state index is 0.326. The maximum absolute atomic E-state index is 6.03. The van der Waals surface area contributed by atoms with Crippen molar-refractivity contribution in [1.82, 2.24) is 4.90 Å². The fraction of sp³-hybridized carbons (Fsp3) is 0.625. The standard InChI is InChI=1S/C16H28N2/c1-12(2)11-18(13(3)4)16(10-17)15-8-6-7-14(5)9-15/h6-9,12-13,16H,10-11,17H2,1-5H3. The van der Waals surface area contributed by atoms with Gasteiger partial charge in [-0.3, -0.25) is 4.90 Å². The summed E-state index contributed by atoms with van der Waals surface area (Å²) in [6, 6.07) is 9.56. The number of aryl methyl sites for hydroxylation is 1. The number of nitrogens with zero attached hydrogens (tertiary/aromatic N) is 1. The molecule has 1 atom stereocenters. The van der Waals surface area contributed by atoms with Crippen molar-refractivity contribution in [3.63, 3.8) is 0 Å². The molecule has 0 fully saturated rings. The van der Waals surface area contributed by atoms with E-state index in [0.717, 1.165) is 6.54 Å². The fourth-order valence-corrected chi connectivity index (χ4v) is 2.46. The molecule has 0 aliphatic rings. The van der Waals surface area contributed by atoms with Crippen LogP contribution in [0.1, 0.15) is 44.9 Å². The van der Waals surface area contributed by atoms with Crippen molar-refractivity contribution in [2.75, 3.05) is 13.1 Å². The summed E-state index contributed by atoms with van der Waals surface area (Å²) >= 11 is 0. The van der Waals surface area contributed by atoms with E-state index in [2.05, 4.69) is 63.8 Å². The molecule has 102 valence electrons. The van der Waals surface area contributed by atoms with Gasteiger partial charge in [0.1, 0.15) is 0 Å². The largest absolute Gasteiger partial charge is 0.329 e. The SMILES string of the molecule is Cc1cccc(C(CN)N(CC(C)C)C(C)C)c1. The van der Waals surface area contributed by atoms with E-state index in [1.165, 1.54) is 11.1 Å². The molecule has 0 amide bonds. The van der Waals surface area contributed by atoms with Crippen LogP contribution in [0.15, 0.2) is 24.3 Å². The third-order valence-corrected chi connectivity index (χ3v) is 3.29. The Morgan fingerprint density at radius 3 is 2.28 bits per heavy atom. The minimum atomic E-state index is 0.326. The van der Waals surface area contributed by atoms with Crippen LogP contribution in [0.2, 0.25) is 0 Å². The number of benzene rings is 1. The topological polar surface area (TPSA) is 29.3 Å². The molecule has 0 heterocycles. The second kappa shape index (κ2) is 6.91. The first-order valence-electron chi connectivity index (χ1n) is 6.98. The monoisotopic (exact) mass is 248 g/mol. The van der Waals surface area contributed by atoms with Gasteiger partial charge in [0.2, 0.25) is 0 Å². The van der Waals surface area contributed by atoms with E-state index >= 15 is 0 Å². The van der Waals surface area contributed by atoms with Crippen LogP contribution in [-0.4, -0.2) is 24.0 Å². The molecule has 1 aromatic rings. The van der Waals surface area contributed by atoms with Crippen molar-refractivity contribution in [2.45, 2.75) is 46.7 Å². The van der Waals surface area contributed by atoms with Gasteiger partial charge in [-0.1, -0.05) is 43.7 Å². The first kappa shape index (κ1) is 15.2. The first-order valence-corrected chi connectivity index (χ1v) is 6.98. The molecule has 2 N–H and O–H groups in total. The molecule has 1 aromatic carbocycles. The summed E-state index contributed by atoms with van der Waals surface area (Å²) in [6.07, 6.45) is 0. The van der Waals surface area contributed by atoms with Crippen molar-refractivity contribution in [1.29, 1.82) is 0 Å². The Labute approximate surface area is 112 Å². The predicted octanol–water partition coefficient (Wildman–Crippen LogP) is 3.36. The van der Waals surface area contributed by atoms with Gasteiger partial charge in [0.25, 0.3) is 0 Å². The number of hydrogen-bond acceptors (Lipinski definition) is 2. The quantitative estimate of drug-likeness (QED) is 0.836. The van der Waals surface area contributed by atoms with Crippen molar-refractivity contribution >= 4 is 0 Å². The normalized spacial score (nSPS) is 13.6. The second-order valence-electron chi connectivity index (χ2n) is 5.85. The molecule has 0 spiro atoms. The molecule has 0 saturated carbocycles. The lowest BCUT2D eigenvalue weighted by Crippen LogP contribution is -2.40. The Morgan fingerprint density at radius 2 is 1.83 bits per heavy atom. The average molecular weight is 248 g/mol. The highest BCUT2D eigenvalue weighted by atomic mass is 15.2. The van der Waals surface area contributed by atoms with Gasteiger partial charge in [-0.25, -0.2) is 0 Å². The van der Waals surface area contributed by atoms with E-state index in [1.807, 2.05) is 0 Å². The van der Waals surface area contributed by atoms with Gasteiger partial charge >= 0.3 is 0 Å². The molecule has 0 saturated heterocycles. The van der Waals surface area contributed by atoms with E-state index in [4.69, 9.17) is 5.73 Å². The lowest BCUT2D eigenvalue weighted by atomic mass is 10.0. The van der Waals surface area contributed by atoms with Crippen LogP contribution in [0.4, 0.5) is 0 Å². The molecule has 2 heteroatoms. The third-order valence-electron chi connectivity index (χ3n) is 3.29. The second-order valence-corrected chi connectivity index (χ2v) is 5.85. The predicted molar refractivity (Wildman–Crippen MR) is 79.7 cm³/mol. The molecule has 0 aliphatic carbocycles. The number of hydrogen-bond donors (Lipinski definition) is 1. The van der Waals surface area contributed by atoms with E-state index in [-0.39, 0.29) is 0 Å². The highest BCUT2D eigenvalue weighted by molar-refractivity contribution is 5.25. The first-order chi connectivity index (χ1) is 8.45. The highest BCUT2D eigenvalue weighted by Crippen LogP contribution is 2.24. The van der Waals surface area contributed by atoms with E-state index < -0.39 is 0 Å². The lowest BCUT2D eigenvalue weighted by molar-refractivity contribution is 0.138. The van der Waals surface area contributed by atoms with Crippen LogP contribution in [0.5, 0.6) is 0 Å². The Balaban J connectivity index is 2.98. The van der Waals surface area contributed by atoms with Crippen molar-refractivity contribution in [2.24, 2.45) is 11.7 Å². The maximum atomic E-state index is 6.03. The van der Waals surface area contributed by atoms with Gasteiger partial charge in [0.05, 0.1) is 0 Å². The average Bonchev–Trinajstić information content (AvgIpc) is 2.28. The van der Waals surface area contributed by atoms with Crippen molar-refractivity contribution < 1.29 is 0 Å². The highest BCUT2D eigenvalue weighted by Gasteiger charge is 2.22. The summed E-state index contributed by atoms with van der Waals surface area (Å²) in [7, 11) is 0. The molecular formula is C16H28N2. The summed E-state index contributed by atoms with van der Waals surface area (Å²) in [5, 5.41) is 0. The van der Waals surface area contributed by atoms with Crippen LogP contribution in [-0.2, 0) is 0 Å². The Bertz CT molecular complexity index is 358. The van der Waals surface area contributed by atoms with Gasteiger partial charge in [0.15, 0.2) is 0 Å². The third kappa shape index (κ3) is 4.11. The van der Waals surface area contributed by atoms with Crippen molar-refractivity contribution in [3.05, 3.63) is 35.4 Å². The summed E-state index contributed by atoms with van der Waals surface area (Å²) < 4.78 is 0. The summed E-state index contributed by atoms with van der Waals surface area (Å²) in [5.74, 6) is 0.659. The zero-order chi connectivity index (χ0) is 13.7. The molecule has 18 heavy (non-hydrogen) atoms. The van der Waals surface area contributed by atoms with Crippen LogP contribution in [0.25, 0.3) is 0 Å². The Morgan fingerprint density at radius 1 is 1.17 bits per heavy atom. The molecule has 2 nitrogen and oxygen atoms in total. The maximum Gasteiger partial charge on any atom is 0.0473 e. The zero-order valence-corrected chi connectivity index (χ0v) is 12.5. The van der Waals surface area contributed by atoms with Crippen LogP contribution in [0.3, 0.4) is 0 Å². The molecule has 1 rings (SSSR count). The van der Waals surface area contributed by atoms with E-state index in [9.17, 15) is 0 Å². The van der Waals surface area contributed by atoms with Gasteiger partial charge in [0, 0.05) is 25.2 Å². The van der Waals surface area contributed by atoms with Gasteiger partial charge in [-0.05, 0) is 32.3 Å². The van der Waals surface area contributed by atoms with Gasteiger partial charge < -0.3 is 5.73 Å². The van der Waals surface area contributed by atoms with Crippen LogP contribution in [0, 0.1) is 12.8 Å². The summed E-state index contributed by atoms with van der Waals surface area (Å²) in [5.41, 5.74) is 8.67. The molecular weight excluding hydrogens is 220 g/mol. The molecule has 0 aliphatic heterocycles. The summed E-state index contributed by atoms with van der Waals surface area (Å²) in [6.45, 7) is 12.9. The van der Waals surface area contributed by atoms with E-state index in [0.29, 0.717) is 24.5 Å². The van der Waals surface area contributed by atoms with Gasteiger partial charge in [-0.2, -0.15) is 0 Å². The van der Waals surface area contributed by atoms with Gasteiger partial charge in [-0.15, -0.1) is 0 Å². The van der Waals surface area contributed by atoms with Crippen LogP contribution < -0.4 is 5.73 Å². The zero-order valence-electron chi connectivity index (χ0n) is 12.5. The Kier molecular flexibility index (Phi) is 5.83. The smallest absolute Gasteiger partial charge is 0.0473 e. The van der Waals surface area contributed by atoms with Crippen molar-refractivity contribution in [3.8, 4) is 0 Å². The van der Waals surface area contributed by atoms with Crippen LogP contribution >= 0.6 is 0 Å². The molecule has 0 bridgehead atoms. The fourth-order valence-electron chi connectivity index (χ4n) is 2.46. The minimum Gasteiger partial charge on any atom is -0.329 e. The summed E-state index contributed by atoms with van der Waals surface area (Å²) in [4.78, 5) is 2.51. The number of nitrogens with two attached hydrogens (primary N) is 1. The molecule has 1 unspecified atom stereocenters.